The molecule has 2 rings (SSSR count). The number of halogens is 1. The maximum absolute atomic E-state index is 6.07. The molecule has 0 bridgehead atoms. The summed E-state index contributed by atoms with van der Waals surface area (Å²) < 4.78 is 2.23. The van der Waals surface area contributed by atoms with E-state index in [4.69, 9.17) is 11.6 Å². The molecule has 0 radical (unpaired) electrons. The Balaban J connectivity index is 2.59. The number of hydrogen-bond donors (Lipinski definition) is 0. The van der Waals surface area contributed by atoms with Gasteiger partial charge in [-0.05, 0) is 31.9 Å². The van der Waals surface area contributed by atoms with Gasteiger partial charge in [0.25, 0.3) is 0 Å². The summed E-state index contributed by atoms with van der Waals surface area (Å²) >= 11 is 6.07. The van der Waals surface area contributed by atoms with Crippen LogP contribution in [-0.2, 0) is 5.88 Å². The van der Waals surface area contributed by atoms with Gasteiger partial charge in [-0.25, -0.2) is 9.97 Å². The average molecular weight is 280 g/mol. The Hall–Kier alpha value is -1.09. The van der Waals surface area contributed by atoms with Gasteiger partial charge in [-0.2, -0.15) is 0 Å². The molecular formula is C15H22ClN3. The Morgan fingerprint density at radius 1 is 1.21 bits per heavy atom. The highest BCUT2D eigenvalue weighted by Gasteiger charge is 2.21. The molecule has 0 fully saturated rings. The second-order valence-corrected chi connectivity index (χ2v) is 5.41. The summed E-state index contributed by atoms with van der Waals surface area (Å²) in [5.74, 6) is 1.98. The van der Waals surface area contributed by atoms with Gasteiger partial charge in [0.15, 0.2) is 5.65 Å². The van der Waals surface area contributed by atoms with Crippen molar-refractivity contribution in [1.29, 1.82) is 0 Å². The van der Waals surface area contributed by atoms with Crippen molar-refractivity contribution in [2.24, 2.45) is 5.92 Å². The molecule has 0 saturated heterocycles. The average Bonchev–Trinajstić information content (AvgIpc) is 2.77. The van der Waals surface area contributed by atoms with Gasteiger partial charge in [-0.15, -0.1) is 11.6 Å². The SMILES string of the molecule is CCC(CC)C(C)n1c(CCl)nc2ccc(C)nc21. The molecule has 0 saturated carbocycles. The van der Waals surface area contributed by atoms with Crippen molar-refractivity contribution in [2.45, 2.75) is 52.5 Å². The summed E-state index contributed by atoms with van der Waals surface area (Å²) in [4.78, 5) is 9.27. The van der Waals surface area contributed by atoms with Gasteiger partial charge in [0.2, 0.25) is 0 Å². The Morgan fingerprint density at radius 2 is 1.89 bits per heavy atom. The molecule has 0 aliphatic heterocycles. The van der Waals surface area contributed by atoms with Crippen LogP contribution < -0.4 is 0 Å². The first-order valence-corrected chi connectivity index (χ1v) is 7.56. The van der Waals surface area contributed by atoms with Crippen molar-refractivity contribution < 1.29 is 0 Å². The van der Waals surface area contributed by atoms with Crippen LogP contribution in [0.5, 0.6) is 0 Å². The van der Waals surface area contributed by atoms with Crippen LogP contribution in [0.15, 0.2) is 12.1 Å². The Kier molecular flexibility index (Phi) is 4.46. The van der Waals surface area contributed by atoms with E-state index in [2.05, 4.69) is 35.3 Å². The van der Waals surface area contributed by atoms with Crippen LogP contribution in [0.3, 0.4) is 0 Å². The lowest BCUT2D eigenvalue weighted by atomic mass is 9.95. The number of aromatic nitrogens is 3. The highest BCUT2D eigenvalue weighted by atomic mass is 35.5. The summed E-state index contributed by atoms with van der Waals surface area (Å²) in [6.45, 7) is 8.74. The molecule has 0 aromatic carbocycles. The van der Waals surface area contributed by atoms with Crippen LogP contribution in [0.4, 0.5) is 0 Å². The van der Waals surface area contributed by atoms with Gasteiger partial charge < -0.3 is 4.57 Å². The minimum absolute atomic E-state index is 0.378. The van der Waals surface area contributed by atoms with E-state index < -0.39 is 0 Å². The highest BCUT2D eigenvalue weighted by molar-refractivity contribution is 6.16. The van der Waals surface area contributed by atoms with E-state index in [0.29, 0.717) is 17.8 Å². The third kappa shape index (κ3) is 2.62. The lowest BCUT2D eigenvalue weighted by Crippen LogP contribution is -2.18. The second-order valence-electron chi connectivity index (χ2n) is 5.14. The van der Waals surface area contributed by atoms with Crippen molar-refractivity contribution in [1.82, 2.24) is 14.5 Å². The summed E-state index contributed by atoms with van der Waals surface area (Å²) in [5, 5.41) is 0. The molecule has 0 spiro atoms. The third-order valence-corrected chi connectivity index (χ3v) is 4.25. The number of rotatable bonds is 5. The molecule has 2 heterocycles. The third-order valence-electron chi connectivity index (χ3n) is 4.01. The number of alkyl halides is 1. The number of hydrogen-bond acceptors (Lipinski definition) is 2. The van der Waals surface area contributed by atoms with E-state index in [0.717, 1.165) is 35.5 Å². The molecule has 1 atom stereocenters. The summed E-state index contributed by atoms with van der Waals surface area (Å²) in [5.41, 5.74) is 2.93. The molecular weight excluding hydrogens is 258 g/mol. The van der Waals surface area contributed by atoms with Crippen molar-refractivity contribution in [3.8, 4) is 0 Å². The summed E-state index contributed by atoms with van der Waals surface area (Å²) in [6.07, 6.45) is 2.32. The fourth-order valence-corrected chi connectivity index (χ4v) is 3.01. The fourth-order valence-electron chi connectivity index (χ4n) is 2.82. The number of nitrogens with zero attached hydrogens (tertiary/aromatic N) is 3. The van der Waals surface area contributed by atoms with E-state index in [1.807, 2.05) is 19.1 Å². The maximum Gasteiger partial charge on any atom is 0.160 e. The molecule has 0 amide bonds. The zero-order valence-electron chi connectivity index (χ0n) is 12.2. The molecule has 104 valence electrons. The number of aryl methyl sites for hydroxylation is 1. The van der Waals surface area contributed by atoms with Crippen molar-refractivity contribution >= 4 is 22.8 Å². The Bertz CT molecular complexity index is 558. The molecule has 2 aromatic heterocycles. The molecule has 0 N–H and O–H groups in total. The first-order chi connectivity index (χ1) is 9.12. The fraction of sp³-hybridized carbons (Fsp3) is 0.600. The predicted molar refractivity (Wildman–Crippen MR) is 80.6 cm³/mol. The van der Waals surface area contributed by atoms with Crippen molar-refractivity contribution in [3.05, 3.63) is 23.7 Å². The van der Waals surface area contributed by atoms with Gasteiger partial charge in [-0.1, -0.05) is 26.7 Å². The van der Waals surface area contributed by atoms with Gasteiger partial charge in [0.1, 0.15) is 11.3 Å². The van der Waals surface area contributed by atoms with Gasteiger partial charge >= 0.3 is 0 Å². The molecule has 0 aliphatic rings. The maximum atomic E-state index is 6.07. The normalized spacial score (nSPS) is 13.4. The molecule has 3 nitrogen and oxygen atoms in total. The van der Waals surface area contributed by atoms with Crippen LogP contribution >= 0.6 is 11.6 Å². The van der Waals surface area contributed by atoms with Crippen LogP contribution in [0, 0.1) is 12.8 Å². The van der Waals surface area contributed by atoms with E-state index in [-0.39, 0.29) is 0 Å². The lowest BCUT2D eigenvalue weighted by Gasteiger charge is -2.24. The zero-order valence-corrected chi connectivity index (χ0v) is 12.9. The Labute approximate surface area is 120 Å². The first-order valence-electron chi connectivity index (χ1n) is 7.02. The van der Waals surface area contributed by atoms with Gasteiger partial charge in [0.05, 0.1) is 5.88 Å². The highest BCUT2D eigenvalue weighted by Crippen LogP contribution is 2.29. The smallest absolute Gasteiger partial charge is 0.160 e. The van der Waals surface area contributed by atoms with Gasteiger partial charge in [-0.3, -0.25) is 0 Å². The number of fused-ring (bicyclic) bond motifs is 1. The molecule has 4 heteroatoms. The van der Waals surface area contributed by atoms with E-state index in [1.165, 1.54) is 0 Å². The number of imidazole rings is 1. The topological polar surface area (TPSA) is 30.7 Å². The van der Waals surface area contributed by atoms with Crippen LogP contribution in [-0.4, -0.2) is 14.5 Å². The molecule has 19 heavy (non-hydrogen) atoms. The standard InChI is InChI=1S/C15H22ClN3/c1-5-12(6-2)11(4)19-14(9-16)18-13-8-7-10(3)17-15(13)19/h7-8,11-12H,5-6,9H2,1-4H3. The second kappa shape index (κ2) is 5.91. The molecule has 1 unspecified atom stereocenters. The summed E-state index contributed by atoms with van der Waals surface area (Å²) in [6, 6.07) is 4.41. The lowest BCUT2D eigenvalue weighted by molar-refractivity contribution is 0.333. The summed E-state index contributed by atoms with van der Waals surface area (Å²) in [7, 11) is 0. The van der Waals surface area contributed by atoms with Crippen LogP contribution in [0.2, 0.25) is 0 Å². The largest absolute Gasteiger partial charge is 0.309 e. The van der Waals surface area contributed by atoms with E-state index in [1.54, 1.807) is 0 Å². The number of pyridine rings is 1. The molecule has 0 aliphatic carbocycles. The Morgan fingerprint density at radius 3 is 2.47 bits per heavy atom. The van der Waals surface area contributed by atoms with E-state index in [9.17, 15) is 0 Å². The monoisotopic (exact) mass is 279 g/mol. The van der Waals surface area contributed by atoms with Crippen LogP contribution in [0.25, 0.3) is 11.2 Å². The van der Waals surface area contributed by atoms with Crippen molar-refractivity contribution in [2.75, 3.05) is 0 Å². The van der Waals surface area contributed by atoms with E-state index >= 15 is 0 Å². The van der Waals surface area contributed by atoms with Crippen LogP contribution in [0.1, 0.15) is 51.2 Å². The van der Waals surface area contributed by atoms with Crippen molar-refractivity contribution in [3.63, 3.8) is 0 Å². The zero-order chi connectivity index (χ0) is 14.0. The van der Waals surface area contributed by atoms with Gasteiger partial charge in [0, 0.05) is 11.7 Å². The quantitative estimate of drug-likeness (QED) is 0.756. The first kappa shape index (κ1) is 14.3. The minimum Gasteiger partial charge on any atom is -0.309 e. The minimum atomic E-state index is 0.378. The molecule has 2 aromatic rings. The predicted octanol–water partition coefficient (Wildman–Crippen LogP) is 4.48.